The van der Waals surface area contributed by atoms with Gasteiger partial charge in [-0.05, 0) is 48.7 Å². The Labute approximate surface area is 172 Å². The molecule has 1 amide bonds. The quantitative estimate of drug-likeness (QED) is 0.564. The third kappa shape index (κ3) is 3.98. The molecule has 160 valence electrons. The first-order chi connectivity index (χ1) is 14.1. The van der Waals surface area contributed by atoms with E-state index in [2.05, 4.69) is 16.1 Å². The van der Waals surface area contributed by atoms with Gasteiger partial charge in [0.15, 0.2) is 5.69 Å². The minimum Gasteiger partial charge on any atom is -0.364 e. The van der Waals surface area contributed by atoms with Gasteiger partial charge >= 0.3 is 6.18 Å². The van der Waals surface area contributed by atoms with Crippen molar-refractivity contribution in [2.45, 2.75) is 46.0 Å². The Morgan fingerprint density at radius 2 is 1.90 bits per heavy atom. The third-order valence-electron chi connectivity index (χ3n) is 5.29. The van der Waals surface area contributed by atoms with E-state index in [9.17, 15) is 22.4 Å². The normalized spacial score (nSPS) is 15.9. The minimum atomic E-state index is -4.46. The van der Waals surface area contributed by atoms with Crippen molar-refractivity contribution < 1.29 is 23.8 Å². The van der Waals surface area contributed by atoms with Crippen molar-refractivity contribution in [3.05, 3.63) is 57.8 Å². The smallest absolute Gasteiger partial charge is 0.364 e. The second kappa shape index (κ2) is 7.32. The number of fused-ring (bicyclic) bond motifs is 1. The van der Waals surface area contributed by atoms with E-state index < -0.39 is 11.9 Å². The molecule has 0 fully saturated rings. The number of nitrogens with one attached hydrogen (secondary N) is 1. The molecule has 0 radical (unpaired) electrons. The Kier molecular flexibility index (Phi) is 4.94. The molecule has 2 heterocycles. The number of nitrogens with zero attached hydrogens (tertiary/aromatic N) is 3. The molecule has 2 aromatic rings. The number of carbonyl (C=O) groups excluding carboxylic acids is 1. The summed E-state index contributed by atoms with van der Waals surface area (Å²) < 4.78 is 52.9. The van der Waals surface area contributed by atoms with Crippen LogP contribution in [0, 0.1) is 13.8 Å². The predicted molar refractivity (Wildman–Crippen MR) is 106 cm³/mol. The molecule has 9 heteroatoms. The summed E-state index contributed by atoms with van der Waals surface area (Å²) in [6.07, 6.45) is -4.18. The number of carbonyl (C=O) groups is 1. The van der Waals surface area contributed by atoms with E-state index in [0.717, 1.165) is 22.9 Å². The van der Waals surface area contributed by atoms with Crippen molar-refractivity contribution in [1.29, 1.82) is 0 Å². The molecule has 1 N–H and O–H groups in total. The van der Waals surface area contributed by atoms with Crippen LogP contribution in [0.2, 0.25) is 0 Å². The highest BCUT2D eigenvalue weighted by Gasteiger charge is 2.35. The maximum atomic E-state index is 12.9. The molecule has 1 aliphatic heterocycles. The van der Waals surface area contributed by atoms with Crippen molar-refractivity contribution in [2.75, 3.05) is 16.8 Å². The van der Waals surface area contributed by atoms with Crippen molar-refractivity contribution in [2.24, 2.45) is 0 Å². The van der Waals surface area contributed by atoms with E-state index in [4.69, 9.17) is 0 Å². The number of rotatable bonds is 4. The molecule has 0 bridgehead atoms. The first-order valence-corrected chi connectivity index (χ1v) is 9.53. The Morgan fingerprint density at radius 3 is 2.50 bits per heavy atom. The number of aryl methyl sites for hydroxylation is 2. The van der Waals surface area contributed by atoms with Crippen molar-refractivity contribution >= 4 is 17.3 Å². The first-order valence-electron chi connectivity index (χ1n) is 9.53. The summed E-state index contributed by atoms with van der Waals surface area (Å²) in [4.78, 5) is 14.2. The topological polar surface area (TPSA) is 50.2 Å². The molecule has 0 saturated carbocycles. The van der Waals surface area contributed by atoms with Gasteiger partial charge in [-0.15, -0.1) is 0 Å². The Hall–Kier alpha value is -3.06. The van der Waals surface area contributed by atoms with Gasteiger partial charge in [-0.1, -0.05) is 5.73 Å². The fraction of sp³-hybridized carbons (Fsp3) is 0.381. The summed E-state index contributed by atoms with van der Waals surface area (Å²) in [5.41, 5.74) is 6.01. The van der Waals surface area contributed by atoms with Crippen LogP contribution in [0.1, 0.15) is 36.8 Å². The number of anilines is 2. The van der Waals surface area contributed by atoms with Gasteiger partial charge in [0, 0.05) is 25.8 Å². The lowest BCUT2D eigenvalue weighted by atomic mass is 10.0. The summed E-state index contributed by atoms with van der Waals surface area (Å²) in [6, 6.07) is 4.90. The summed E-state index contributed by atoms with van der Waals surface area (Å²) in [5.74, 6) is -0.565. The van der Waals surface area contributed by atoms with E-state index in [0.29, 0.717) is 36.6 Å². The molecule has 0 atom stereocenters. The lowest BCUT2D eigenvalue weighted by molar-refractivity contribution is -0.141. The molecule has 2 aliphatic rings. The van der Waals surface area contributed by atoms with E-state index in [1.54, 1.807) is 0 Å². The molecule has 5 nitrogen and oxygen atoms in total. The highest BCUT2D eigenvalue weighted by Crippen LogP contribution is 2.33. The number of benzene rings is 1. The third-order valence-corrected chi connectivity index (χ3v) is 5.29. The molecule has 0 unspecified atom stereocenters. The zero-order valence-electron chi connectivity index (χ0n) is 16.5. The van der Waals surface area contributed by atoms with Crippen LogP contribution in [0.3, 0.4) is 0 Å². The summed E-state index contributed by atoms with van der Waals surface area (Å²) >= 11 is 0. The molecular weight excluding hydrogens is 400 g/mol. The number of halogens is 4. The molecule has 4 rings (SSSR count). The minimum absolute atomic E-state index is 0. The molecule has 1 aromatic heterocycles. The molecule has 0 saturated heterocycles. The average molecular weight is 422 g/mol. The van der Waals surface area contributed by atoms with Gasteiger partial charge in [-0.25, -0.2) is 4.39 Å². The van der Waals surface area contributed by atoms with Crippen LogP contribution < -0.4 is 10.2 Å². The summed E-state index contributed by atoms with van der Waals surface area (Å²) in [6.45, 7) is 4.94. The van der Waals surface area contributed by atoms with Gasteiger partial charge < -0.3 is 10.2 Å². The van der Waals surface area contributed by atoms with Crippen molar-refractivity contribution in [3.8, 4) is 0 Å². The average Bonchev–Trinajstić information content (AvgIpc) is 3.07. The van der Waals surface area contributed by atoms with E-state index in [-0.39, 0.29) is 26.0 Å². The van der Waals surface area contributed by atoms with Gasteiger partial charge in [0.1, 0.15) is 5.83 Å². The van der Waals surface area contributed by atoms with Gasteiger partial charge in [0.25, 0.3) is 0 Å². The Morgan fingerprint density at radius 1 is 1.23 bits per heavy atom. The maximum absolute atomic E-state index is 12.9. The van der Waals surface area contributed by atoms with Crippen LogP contribution in [0.4, 0.5) is 28.9 Å². The van der Waals surface area contributed by atoms with Crippen molar-refractivity contribution in [3.63, 3.8) is 0 Å². The first kappa shape index (κ1) is 20.2. The van der Waals surface area contributed by atoms with Crippen LogP contribution in [0.15, 0.2) is 35.3 Å². The van der Waals surface area contributed by atoms with Gasteiger partial charge in [0.05, 0.1) is 25.2 Å². The summed E-state index contributed by atoms with van der Waals surface area (Å²) in [5, 5.41) is 6.53. The lowest BCUT2D eigenvalue weighted by Crippen LogP contribution is -2.34. The van der Waals surface area contributed by atoms with Crippen LogP contribution in [0.5, 0.6) is 0 Å². The van der Waals surface area contributed by atoms with E-state index in [1.165, 1.54) is 4.68 Å². The van der Waals surface area contributed by atoms with Gasteiger partial charge in [0.2, 0.25) is 5.91 Å². The zero-order chi connectivity index (χ0) is 21.6. The molecule has 1 aromatic carbocycles. The number of amides is 1. The van der Waals surface area contributed by atoms with Crippen LogP contribution in [0.25, 0.3) is 0 Å². The maximum Gasteiger partial charge on any atom is 0.435 e. The number of hydrogen-bond donors (Lipinski definition) is 1. The second-order valence-electron chi connectivity index (χ2n) is 7.65. The number of alkyl halides is 3. The second-order valence-corrected chi connectivity index (χ2v) is 7.65. The van der Waals surface area contributed by atoms with Crippen LogP contribution in [-0.2, 0) is 24.1 Å². The fourth-order valence-electron chi connectivity index (χ4n) is 3.79. The standard InChI is InChI=1S/C21H20F4N4O.H2/c1-12-5-16(6-13(2)20(12)26-19(30)9-14-7-15(22)8-14)28-3-4-29-17(11-28)10-18(27-29)21(23,24)25;/h5-6,10H,3-4,7,9,11H2,1-2H3,(H,26,30);1H. The molecule has 1 aliphatic carbocycles. The monoisotopic (exact) mass is 422 g/mol. The SMILES string of the molecule is Cc1cc(N2CCn3nc(C(F)(F)F)cc3C2)cc(C)c1NC(=O)CC1=C=C(F)C1.[HH]. The van der Waals surface area contributed by atoms with Crippen LogP contribution in [-0.4, -0.2) is 22.2 Å². The van der Waals surface area contributed by atoms with E-state index >= 15 is 0 Å². The van der Waals surface area contributed by atoms with Crippen LogP contribution >= 0.6 is 0 Å². The fourth-order valence-corrected chi connectivity index (χ4v) is 3.79. The Balaban J connectivity index is 0.00000272. The molecule has 0 spiro atoms. The number of hydrogen-bond acceptors (Lipinski definition) is 3. The summed E-state index contributed by atoms with van der Waals surface area (Å²) in [7, 11) is 0. The van der Waals surface area contributed by atoms with E-state index in [1.807, 2.05) is 30.9 Å². The van der Waals surface area contributed by atoms with Gasteiger partial charge in [-0.3, -0.25) is 9.48 Å². The van der Waals surface area contributed by atoms with Crippen molar-refractivity contribution in [1.82, 2.24) is 9.78 Å². The highest BCUT2D eigenvalue weighted by molar-refractivity contribution is 5.94. The highest BCUT2D eigenvalue weighted by atomic mass is 19.4. The number of aromatic nitrogens is 2. The lowest BCUT2D eigenvalue weighted by Gasteiger charge is -2.30. The zero-order valence-corrected chi connectivity index (χ0v) is 16.5. The largest absolute Gasteiger partial charge is 0.435 e. The Bertz CT molecular complexity index is 1080. The van der Waals surface area contributed by atoms with Gasteiger partial charge in [-0.2, -0.15) is 18.3 Å². The predicted octanol–water partition coefficient (Wildman–Crippen LogP) is 4.90. The molecule has 30 heavy (non-hydrogen) atoms. The molecular formula is C21H22F4N4O.